The molecule has 0 amide bonds. The zero-order valence-electron chi connectivity index (χ0n) is 11.9. The lowest BCUT2D eigenvalue weighted by Crippen LogP contribution is -2.21. The van der Waals surface area contributed by atoms with Crippen molar-refractivity contribution in [2.24, 2.45) is 7.05 Å². The van der Waals surface area contributed by atoms with Crippen LogP contribution in [0, 0.1) is 11.3 Å². The lowest BCUT2D eigenvalue weighted by Gasteiger charge is -2.10. The summed E-state index contributed by atoms with van der Waals surface area (Å²) in [5.74, 6) is 1.17. The first-order valence-corrected chi connectivity index (χ1v) is 6.51. The number of benzene rings is 1. The second-order valence-corrected chi connectivity index (χ2v) is 4.93. The summed E-state index contributed by atoms with van der Waals surface area (Å²) in [5.41, 5.74) is 1.59. The van der Waals surface area contributed by atoms with Crippen LogP contribution >= 0.6 is 0 Å². The van der Waals surface area contributed by atoms with E-state index in [2.05, 4.69) is 30.3 Å². The van der Waals surface area contributed by atoms with E-state index >= 15 is 0 Å². The van der Waals surface area contributed by atoms with Gasteiger partial charge in [0.15, 0.2) is 5.75 Å². The predicted molar refractivity (Wildman–Crippen MR) is 76.4 cm³/mol. The Labute approximate surface area is 118 Å². The highest BCUT2D eigenvalue weighted by Gasteiger charge is 2.07. The Morgan fingerprint density at radius 2 is 2.25 bits per heavy atom. The van der Waals surface area contributed by atoms with Gasteiger partial charge < -0.3 is 10.1 Å². The second kappa shape index (κ2) is 6.22. The average Bonchev–Trinajstić information content (AvgIpc) is 2.83. The summed E-state index contributed by atoms with van der Waals surface area (Å²) in [6, 6.07) is 8.21. The highest BCUT2D eigenvalue weighted by Crippen LogP contribution is 2.25. The standard InChI is InChI=1S/C15H18N4O/c1-11(2)17-8-12-4-5-15(13(6-12)7-16)20-14-9-18-19(3)10-14/h4-6,9-11,17H,8H2,1-3H3. The van der Waals surface area contributed by atoms with Gasteiger partial charge in [-0.15, -0.1) is 0 Å². The van der Waals surface area contributed by atoms with Crippen LogP contribution in [0.15, 0.2) is 30.6 Å². The molecule has 0 aliphatic heterocycles. The van der Waals surface area contributed by atoms with Crippen LogP contribution in [-0.2, 0) is 13.6 Å². The summed E-state index contributed by atoms with van der Waals surface area (Å²) in [6.07, 6.45) is 3.38. The van der Waals surface area contributed by atoms with Gasteiger partial charge in [0.05, 0.1) is 18.0 Å². The molecule has 0 spiro atoms. The SMILES string of the molecule is CC(C)NCc1ccc(Oc2cnn(C)c2)c(C#N)c1. The van der Waals surface area contributed by atoms with Crippen LogP contribution in [0.3, 0.4) is 0 Å². The maximum Gasteiger partial charge on any atom is 0.165 e. The van der Waals surface area contributed by atoms with Gasteiger partial charge in [0, 0.05) is 19.6 Å². The number of rotatable bonds is 5. The summed E-state index contributed by atoms with van der Waals surface area (Å²) in [4.78, 5) is 0. The molecular formula is C15H18N4O. The van der Waals surface area contributed by atoms with E-state index in [4.69, 9.17) is 4.74 Å². The maximum atomic E-state index is 9.23. The Morgan fingerprint density at radius 3 is 2.85 bits per heavy atom. The Hall–Kier alpha value is -2.32. The molecule has 0 saturated carbocycles. The van der Waals surface area contributed by atoms with Crippen molar-refractivity contribution in [3.8, 4) is 17.6 Å². The molecule has 0 aliphatic rings. The second-order valence-electron chi connectivity index (χ2n) is 4.93. The Kier molecular flexibility index (Phi) is 4.38. The summed E-state index contributed by atoms with van der Waals surface area (Å²) in [7, 11) is 1.82. The van der Waals surface area contributed by atoms with Crippen molar-refractivity contribution < 1.29 is 4.74 Å². The van der Waals surface area contributed by atoms with Crippen LogP contribution in [0.1, 0.15) is 25.0 Å². The molecule has 0 unspecified atom stereocenters. The van der Waals surface area contributed by atoms with E-state index in [1.165, 1.54) is 0 Å². The molecule has 5 heteroatoms. The van der Waals surface area contributed by atoms with Crippen molar-refractivity contribution >= 4 is 0 Å². The molecule has 1 N–H and O–H groups in total. The molecular weight excluding hydrogens is 252 g/mol. The van der Waals surface area contributed by atoms with Gasteiger partial charge in [0.25, 0.3) is 0 Å². The molecule has 0 saturated heterocycles. The van der Waals surface area contributed by atoms with Crippen LogP contribution in [0.25, 0.3) is 0 Å². The third-order valence-corrected chi connectivity index (χ3v) is 2.79. The summed E-state index contributed by atoms with van der Waals surface area (Å²) in [5, 5.41) is 16.6. The third kappa shape index (κ3) is 3.59. The number of nitrogens with zero attached hydrogens (tertiary/aromatic N) is 3. The molecule has 0 fully saturated rings. The lowest BCUT2D eigenvalue weighted by atomic mass is 10.1. The van der Waals surface area contributed by atoms with Crippen LogP contribution in [0.5, 0.6) is 11.5 Å². The van der Waals surface area contributed by atoms with Crippen molar-refractivity contribution in [2.75, 3.05) is 0 Å². The van der Waals surface area contributed by atoms with E-state index in [-0.39, 0.29) is 0 Å². The first-order chi connectivity index (χ1) is 9.58. The molecule has 20 heavy (non-hydrogen) atoms. The minimum absolute atomic E-state index is 0.409. The van der Waals surface area contributed by atoms with Gasteiger partial charge in [-0.3, -0.25) is 4.68 Å². The van der Waals surface area contributed by atoms with Gasteiger partial charge in [-0.25, -0.2) is 0 Å². The molecule has 0 atom stereocenters. The maximum absolute atomic E-state index is 9.23. The van der Waals surface area contributed by atoms with E-state index < -0.39 is 0 Å². The average molecular weight is 270 g/mol. The Bertz CT molecular complexity index is 625. The van der Waals surface area contributed by atoms with Crippen molar-refractivity contribution in [3.05, 3.63) is 41.7 Å². The Morgan fingerprint density at radius 1 is 1.45 bits per heavy atom. The van der Waals surface area contributed by atoms with E-state index in [1.807, 2.05) is 25.2 Å². The van der Waals surface area contributed by atoms with Crippen molar-refractivity contribution in [3.63, 3.8) is 0 Å². The minimum Gasteiger partial charge on any atom is -0.453 e. The summed E-state index contributed by atoms with van der Waals surface area (Å²) in [6.45, 7) is 4.91. The summed E-state index contributed by atoms with van der Waals surface area (Å²) >= 11 is 0. The highest BCUT2D eigenvalue weighted by atomic mass is 16.5. The molecule has 0 radical (unpaired) electrons. The fourth-order valence-electron chi connectivity index (χ4n) is 1.76. The first kappa shape index (κ1) is 14.1. The quantitative estimate of drug-likeness (QED) is 0.907. The van der Waals surface area contributed by atoms with Crippen molar-refractivity contribution in [1.29, 1.82) is 5.26 Å². The minimum atomic E-state index is 0.409. The molecule has 1 aromatic heterocycles. The van der Waals surface area contributed by atoms with E-state index in [1.54, 1.807) is 17.1 Å². The van der Waals surface area contributed by atoms with E-state index in [9.17, 15) is 5.26 Å². The molecule has 1 heterocycles. The molecule has 2 rings (SSSR count). The highest BCUT2D eigenvalue weighted by molar-refractivity contribution is 5.47. The van der Waals surface area contributed by atoms with Crippen molar-refractivity contribution in [2.45, 2.75) is 26.4 Å². The zero-order chi connectivity index (χ0) is 14.5. The number of nitrogens with one attached hydrogen (secondary N) is 1. The molecule has 1 aromatic carbocycles. The molecule has 104 valence electrons. The lowest BCUT2D eigenvalue weighted by molar-refractivity contribution is 0.480. The van der Waals surface area contributed by atoms with Gasteiger partial charge >= 0.3 is 0 Å². The van der Waals surface area contributed by atoms with Crippen LogP contribution < -0.4 is 10.1 Å². The molecule has 0 aliphatic carbocycles. The van der Waals surface area contributed by atoms with Gasteiger partial charge in [0.2, 0.25) is 0 Å². The van der Waals surface area contributed by atoms with E-state index in [0.717, 1.165) is 12.1 Å². The van der Waals surface area contributed by atoms with Gasteiger partial charge in [-0.1, -0.05) is 19.9 Å². The first-order valence-electron chi connectivity index (χ1n) is 6.51. The zero-order valence-corrected chi connectivity index (χ0v) is 11.9. The van der Waals surface area contributed by atoms with Crippen molar-refractivity contribution in [1.82, 2.24) is 15.1 Å². The fraction of sp³-hybridized carbons (Fsp3) is 0.333. The predicted octanol–water partition coefficient (Wildman–Crippen LogP) is 2.58. The Balaban J connectivity index is 2.16. The number of hydrogen-bond acceptors (Lipinski definition) is 4. The van der Waals surface area contributed by atoms with Crippen LogP contribution in [0.4, 0.5) is 0 Å². The number of nitriles is 1. The number of ether oxygens (including phenoxy) is 1. The van der Waals surface area contributed by atoms with Gasteiger partial charge in [0.1, 0.15) is 11.8 Å². The summed E-state index contributed by atoms with van der Waals surface area (Å²) < 4.78 is 7.33. The molecule has 2 aromatic rings. The normalized spacial score (nSPS) is 10.6. The topological polar surface area (TPSA) is 62.9 Å². The molecule has 0 bridgehead atoms. The van der Waals surface area contributed by atoms with E-state index in [0.29, 0.717) is 23.1 Å². The van der Waals surface area contributed by atoms with Gasteiger partial charge in [-0.05, 0) is 17.7 Å². The van der Waals surface area contributed by atoms with Crippen LogP contribution in [-0.4, -0.2) is 15.8 Å². The fourth-order valence-corrected chi connectivity index (χ4v) is 1.76. The smallest absolute Gasteiger partial charge is 0.165 e. The number of aryl methyl sites for hydroxylation is 1. The number of hydrogen-bond donors (Lipinski definition) is 1. The van der Waals surface area contributed by atoms with Gasteiger partial charge in [-0.2, -0.15) is 10.4 Å². The monoisotopic (exact) mass is 270 g/mol. The molecule has 5 nitrogen and oxygen atoms in total. The van der Waals surface area contributed by atoms with Crippen LogP contribution in [0.2, 0.25) is 0 Å². The third-order valence-electron chi connectivity index (χ3n) is 2.79. The number of aromatic nitrogens is 2. The largest absolute Gasteiger partial charge is 0.453 e.